The van der Waals surface area contributed by atoms with Crippen LogP contribution in [0.2, 0.25) is 0 Å². The van der Waals surface area contributed by atoms with Crippen molar-refractivity contribution in [3.8, 4) is 0 Å². The zero-order valence-electron chi connectivity index (χ0n) is 19.1. The first-order valence-corrected chi connectivity index (χ1v) is 12.2. The first kappa shape index (κ1) is 22.3. The molecule has 0 spiro atoms. The number of hydrogen-bond acceptors (Lipinski definition) is 5. The fourth-order valence-corrected chi connectivity index (χ4v) is 5.88. The molecule has 5 rings (SSSR count). The molecule has 8 nitrogen and oxygen atoms in total. The number of pyridine rings is 1. The number of aliphatic hydroxyl groups is 1. The molecule has 178 valence electrons. The highest BCUT2D eigenvalue weighted by Gasteiger charge is 2.58. The molecule has 4 heterocycles. The van der Waals surface area contributed by atoms with Crippen molar-refractivity contribution in [3.63, 3.8) is 0 Å². The summed E-state index contributed by atoms with van der Waals surface area (Å²) in [5.74, 6) is -0.527. The van der Waals surface area contributed by atoms with Crippen LogP contribution in [0.15, 0.2) is 23.0 Å². The quantitative estimate of drug-likeness (QED) is 0.674. The molecule has 0 unspecified atom stereocenters. The average Bonchev–Trinajstić information content (AvgIpc) is 3.51. The van der Waals surface area contributed by atoms with Gasteiger partial charge in [-0.1, -0.05) is 12.2 Å². The molecule has 4 aliphatic rings. The zero-order chi connectivity index (χ0) is 23.1. The number of aliphatic hydroxyl groups excluding tert-OH is 1. The van der Waals surface area contributed by atoms with Crippen LogP contribution in [0.5, 0.6) is 0 Å². The number of carbonyl (C=O) groups is 2. The number of nitrogens with one attached hydrogen (secondary N) is 1. The third-order valence-corrected chi connectivity index (χ3v) is 7.81. The molecule has 4 atom stereocenters. The van der Waals surface area contributed by atoms with E-state index in [9.17, 15) is 19.5 Å². The summed E-state index contributed by atoms with van der Waals surface area (Å²) in [6.07, 6.45) is 7.10. The van der Waals surface area contributed by atoms with Crippen LogP contribution in [-0.4, -0.2) is 58.8 Å². The van der Waals surface area contributed by atoms with E-state index in [2.05, 4.69) is 5.32 Å². The van der Waals surface area contributed by atoms with Crippen molar-refractivity contribution < 1.29 is 19.4 Å². The number of ether oxygens (including phenoxy) is 1. The largest absolute Gasteiger partial charge is 0.396 e. The maximum Gasteiger partial charge on any atom is 0.258 e. The number of rotatable bonds is 6. The van der Waals surface area contributed by atoms with Crippen molar-refractivity contribution in [2.24, 2.45) is 23.7 Å². The van der Waals surface area contributed by atoms with E-state index >= 15 is 0 Å². The molecule has 1 aromatic rings. The lowest BCUT2D eigenvalue weighted by atomic mass is 9.88. The van der Waals surface area contributed by atoms with Gasteiger partial charge >= 0.3 is 0 Å². The van der Waals surface area contributed by atoms with Gasteiger partial charge in [-0.2, -0.15) is 0 Å². The Hall–Kier alpha value is -2.45. The van der Waals surface area contributed by atoms with Gasteiger partial charge in [0.25, 0.3) is 5.56 Å². The topological polar surface area (TPSA) is 101 Å². The van der Waals surface area contributed by atoms with Crippen molar-refractivity contribution in [1.29, 1.82) is 0 Å². The normalized spacial score (nSPS) is 29.3. The molecule has 3 fully saturated rings. The maximum absolute atomic E-state index is 13.8. The second-order valence-electron chi connectivity index (χ2n) is 9.85. The Morgan fingerprint density at radius 3 is 2.64 bits per heavy atom. The number of fused-ring (bicyclic) bond motifs is 3. The molecule has 1 aliphatic carbocycles. The van der Waals surface area contributed by atoms with Crippen LogP contribution in [0.1, 0.15) is 49.9 Å². The lowest BCUT2D eigenvalue weighted by Crippen LogP contribution is -2.52. The number of likely N-dealkylation sites (tertiary alicyclic amines) is 1. The number of nitrogens with zero attached hydrogens (tertiary/aromatic N) is 2. The Kier molecular flexibility index (Phi) is 6.14. The van der Waals surface area contributed by atoms with Gasteiger partial charge in [0.15, 0.2) is 0 Å². The minimum atomic E-state index is -0.724. The van der Waals surface area contributed by atoms with Crippen LogP contribution in [0.4, 0.5) is 0 Å². The van der Waals surface area contributed by atoms with Crippen LogP contribution < -0.4 is 10.9 Å². The molecular weight excluding hydrogens is 422 g/mol. The van der Waals surface area contributed by atoms with Crippen LogP contribution in [-0.2, 0) is 20.9 Å². The highest BCUT2D eigenvalue weighted by Crippen LogP contribution is 2.50. The summed E-state index contributed by atoms with van der Waals surface area (Å²) in [5.41, 5.74) is 1.27. The molecule has 0 radical (unpaired) electrons. The van der Waals surface area contributed by atoms with Crippen molar-refractivity contribution in [2.75, 3.05) is 26.4 Å². The first-order valence-electron chi connectivity index (χ1n) is 12.2. The maximum atomic E-state index is 13.8. The molecule has 1 saturated carbocycles. The van der Waals surface area contributed by atoms with Gasteiger partial charge in [-0.25, -0.2) is 0 Å². The molecule has 2 N–H and O–H groups in total. The Labute approximate surface area is 193 Å². The van der Waals surface area contributed by atoms with Crippen molar-refractivity contribution in [2.45, 2.75) is 51.2 Å². The van der Waals surface area contributed by atoms with E-state index in [4.69, 9.17) is 4.74 Å². The highest BCUT2D eigenvalue weighted by atomic mass is 16.5. The summed E-state index contributed by atoms with van der Waals surface area (Å²) in [6.45, 7) is 3.74. The second-order valence-corrected chi connectivity index (χ2v) is 9.85. The Bertz CT molecular complexity index is 1010. The van der Waals surface area contributed by atoms with Crippen LogP contribution in [0.3, 0.4) is 0 Å². The fraction of sp³-hybridized carbons (Fsp3) is 0.640. The third-order valence-electron chi connectivity index (χ3n) is 7.81. The minimum absolute atomic E-state index is 0.0609. The monoisotopic (exact) mass is 455 g/mol. The summed E-state index contributed by atoms with van der Waals surface area (Å²) in [7, 11) is 0. The van der Waals surface area contributed by atoms with E-state index in [1.165, 1.54) is 0 Å². The van der Waals surface area contributed by atoms with Crippen molar-refractivity contribution >= 4 is 17.9 Å². The molecule has 33 heavy (non-hydrogen) atoms. The molecule has 2 saturated heterocycles. The van der Waals surface area contributed by atoms with Crippen LogP contribution in [0.25, 0.3) is 6.08 Å². The molecule has 1 aromatic heterocycles. The first-order chi connectivity index (χ1) is 16.0. The molecular formula is C25H33N3O5. The number of amides is 2. The molecule has 8 heteroatoms. The predicted molar refractivity (Wildman–Crippen MR) is 122 cm³/mol. The standard InChI is InChI=1S/C25H33N3O5/c1-2-3-16-6-7-20-21-18(13-27(20)24(16)31)19(14-29)22(23(30)26-12-15-4-5-15)28(21)25(32)17-8-10-33-11-9-17/h2-3,6-7,15,17-19,21-22,29H,4-5,8-14H2,1H3,(H,26,30)/b3-2-/t18-,19-,21+,22-/m1/s1. The fourth-order valence-electron chi connectivity index (χ4n) is 5.88. The van der Waals surface area contributed by atoms with Gasteiger partial charge in [0.05, 0.1) is 6.04 Å². The van der Waals surface area contributed by atoms with Gasteiger partial charge in [-0.15, -0.1) is 0 Å². The van der Waals surface area contributed by atoms with Gasteiger partial charge in [-0.3, -0.25) is 14.4 Å². The molecule has 3 aliphatic heterocycles. The minimum Gasteiger partial charge on any atom is -0.396 e. The average molecular weight is 456 g/mol. The van der Waals surface area contributed by atoms with Crippen molar-refractivity contribution in [1.82, 2.24) is 14.8 Å². The van der Waals surface area contributed by atoms with E-state index in [0.29, 0.717) is 50.6 Å². The Morgan fingerprint density at radius 1 is 1.21 bits per heavy atom. The van der Waals surface area contributed by atoms with Crippen LogP contribution in [0, 0.1) is 23.7 Å². The number of hydrogen-bond donors (Lipinski definition) is 2. The third kappa shape index (κ3) is 3.93. The summed E-state index contributed by atoms with van der Waals surface area (Å²) >= 11 is 0. The van der Waals surface area contributed by atoms with E-state index in [1.54, 1.807) is 21.6 Å². The summed E-state index contributed by atoms with van der Waals surface area (Å²) in [5, 5.41) is 13.4. The Morgan fingerprint density at radius 2 is 1.97 bits per heavy atom. The van der Waals surface area contributed by atoms with Gasteiger partial charge in [0.1, 0.15) is 6.04 Å². The molecule has 2 amide bonds. The smallest absolute Gasteiger partial charge is 0.258 e. The van der Waals surface area contributed by atoms with E-state index < -0.39 is 12.0 Å². The Balaban J connectivity index is 1.53. The van der Waals surface area contributed by atoms with Crippen molar-refractivity contribution in [3.05, 3.63) is 39.8 Å². The predicted octanol–water partition coefficient (Wildman–Crippen LogP) is 1.32. The van der Waals surface area contributed by atoms with Gasteiger partial charge in [0, 0.05) is 61.9 Å². The van der Waals surface area contributed by atoms with E-state index in [1.807, 2.05) is 19.1 Å². The van der Waals surface area contributed by atoms with Crippen LogP contribution >= 0.6 is 0 Å². The van der Waals surface area contributed by atoms with Gasteiger partial charge in [-0.05, 0) is 50.7 Å². The molecule has 0 bridgehead atoms. The van der Waals surface area contributed by atoms with Gasteiger partial charge in [0.2, 0.25) is 11.8 Å². The van der Waals surface area contributed by atoms with Gasteiger partial charge < -0.3 is 24.6 Å². The summed E-state index contributed by atoms with van der Waals surface area (Å²) in [4.78, 5) is 42.0. The summed E-state index contributed by atoms with van der Waals surface area (Å²) < 4.78 is 7.19. The lowest BCUT2D eigenvalue weighted by molar-refractivity contribution is -0.147. The van der Waals surface area contributed by atoms with E-state index in [-0.39, 0.29) is 41.9 Å². The lowest BCUT2D eigenvalue weighted by Gasteiger charge is -2.34. The number of carbonyl (C=O) groups excluding carboxylic acids is 2. The SMILES string of the molecule is C/C=C\c1ccc2n(c1=O)C[C@@H]1[C@@H](CO)[C@H](C(=O)NCC3CC3)N(C(=O)C3CCOCC3)[C@H]21. The highest BCUT2D eigenvalue weighted by molar-refractivity contribution is 5.90. The number of aromatic nitrogens is 1. The number of allylic oxidation sites excluding steroid dienone is 1. The van der Waals surface area contributed by atoms with E-state index in [0.717, 1.165) is 18.5 Å². The molecule has 0 aromatic carbocycles. The summed E-state index contributed by atoms with van der Waals surface area (Å²) in [6, 6.07) is 2.59. The second kappa shape index (κ2) is 9.06. The zero-order valence-corrected chi connectivity index (χ0v) is 19.1.